The lowest BCUT2D eigenvalue weighted by molar-refractivity contribution is -0.0494. The van der Waals surface area contributed by atoms with Gasteiger partial charge in [-0.25, -0.2) is 14.2 Å². The first-order valence-corrected chi connectivity index (χ1v) is 16.1. The zero-order valence-corrected chi connectivity index (χ0v) is 22.8. The van der Waals surface area contributed by atoms with Gasteiger partial charge in [-0.05, 0) is 18.2 Å². The molecule has 4 aromatic rings. The van der Waals surface area contributed by atoms with Crippen LogP contribution in [0.25, 0.3) is 16.9 Å². The molecule has 4 heterocycles. The number of fused-ring (bicyclic) bond motifs is 2. The minimum Gasteiger partial charge on any atom is -0.490 e. The molecule has 39 heavy (non-hydrogen) atoms. The van der Waals surface area contributed by atoms with E-state index >= 15 is 0 Å². The molecule has 0 radical (unpaired) electrons. The van der Waals surface area contributed by atoms with Crippen LogP contribution in [0.3, 0.4) is 0 Å². The highest BCUT2D eigenvalue weighted by Gasteiger charge is 2.25. The Bertz CT molecular complexity index is 1490. The molecule has 14 heteroatoms. The molecule has 1 aromatic carbocycles. The third-order valence-corrected chi connectivity index (χ3v) is 7.75. The first-order chi connectivity index (χ1) is 18.7. The highest BCUT2D eigenvalue weighted by atomic mass is 28.3. The zero-order valence-electron chi connectivity index (χ0n) is 21.8. The van der Waals surface area contributed by atoms with Crippen LogP contribution in [0.2, 0.25) is 25.7 Å². The number of hydrogen-bond donors (Lipinski definition) is 2. The SMILES string of the molecule is C[Si](C)(C)CCOCn1ncc(NC(=O)c2cnn3cccnc23)c1-c1cc2c(cc1OC(F)F)NCCO2. The molecular weight excluding hydrogens is 528 g/mol. The largest absolute Gasteiger partial charge is 0.490 e. The fourth-order valence-corrected chi connectivity index (χ4v) is 4.86. The molecule has 0 saturated heterocycles. The summed E-state index contributed by atoms with van der Waals surface area (Å²) in [6.45, 7) is 5.15. The standard InChI is InChI=1S/C25H29F2N7O4Si/c1-39(2,3)10-9-36-15-34-22(16-11-21-18(28-6-8-37-21)12-20(16)38-25(26)27)19(14-31-34)32-24(35)17-13-30-33-7-4-5-29-23(17)33/h4-5,7,11-14,25,28H,6,8-10,15H2,1-3H3,(H,32,35). The Kier molecular flexibility index (Phi) is 7.48. The normalized spacial score (nSPS) is 13.2. The van der Waals surface area contributed by atoms with E-state index in [0.29, 0.717) is 42.5 Å². The van der Waals surface area contributed by atoms with E-state index in [0.717, 1.165) is 6.04 Å². The molecule has 2 N–H and O–H groups in total. The van der Waals surface area contributed by atoms with Gasteiger partial charge in [-0.3, -0.25) is 4.79 Å². The number of benzene rings is 1. The number of ether oxygens (including phenoxy) is 3. The topological polar surface area (TPSA) is 117 Å². The molecule has 0 atom stereocenters. The van der Waals surface area contributed by atoms with Gasteiger partial charge in [0.1, 0.15) is 30.4 Å². The first-order valence-electron chi connectivity index (χ1n) is 12.4. The number of nitrogens with zero attached hydrogens (tertiary/aromatic N) is 5. The van der Waals surface area contributed by atoms with Gasteiger partial charge in [-0.15, -0.1) is 0 Å². The van der Waals surface area contributed by atoms with Crippen molar-refractivity contribution >= 4 is 31.0 Å². The van der Waals surface area contributed by atoms with Gasteiger partial charge in [0, 0.05) is 45.2 Å². The second-order valence-electron chi connectivity index (χ2n) is 10.2. The fourth-order valence-electron chi connectivity index (χ4n) is 4.11. The number of aromatic nitrogens is 5. The van der Waals surface area contributed by atoms with E-state index in [1.807, 2.05) is 0 Å². The van der Waals surface area contributed by atoms with Crippen LogP contribution in [0.5, 0.6) is 11.5 Å². The quantitative estimate of drug-likeness (QED) is 0.215. The summed E-state index contributed by atoms with van der Waals surface area (Å²) in [4.78, 5) is 17.5. The zero-order chi connectivity index (χ0) is 27.6. The van der Waals surface area contributed by atoms with Crippen LogP contribution in [0.15, 0.2) is 43.0 Å². The number of carbonyl (C=O) groups is 1. The van der Waals surface area contributed by atoms with Crippen molar-refractivity contribution in [2.24, 2.45) is 0 Å². The maximum Gasteiger partial charge on any atom is 0.387 e. The molecule has 0 saturated carbocycles. The number of hydrogen-bond acceptors (Lipinski definition) is 8. The molecule has 1 amide bonds. The average molecular weight is 558 g/mol. The average Bonchev–Trinajstić information content (AvgIpc) is 3.49. The Labute approximate surface area is 224 Å². The highest BCUT2D eigenvalue weighted by Crippen LogP contribution is 2.43. The summed E-state index contributed by atoms with van der Waals surface area (Å²) in [6, 6.07) is 5.69. The first kappa shape index (κ1) is 26.6. The molecule has 0 unspecified atom stereocenters. The van der Waals surface area contributed by atoms with Crippen molar-refractivity contribution in [1.29, 1.82) is 0 Å². The minimum atomic E-state index is -3.07. The third-order valence-electron chi connectivity index (χ3n) is 6.05. The van der Waals surface area contributed by atoms with Gasteiger partial charge < -0.3 is 24.8 Å². The lowest BCUT2D eigenvalue weighted by Gasteiger charge is -2.23. The number of carbonyl (C=O) groups excluding carboxylic acids is 1. The predicted molar refractivity (Wildman–Crippen MR) is 143 cm³/mol. The summed E-state index contributed by atoms with van der Waals surface area (Å²) < 4.78 is 46.5. The number of rotatable bonds is 10. The van der Waals surface area contributed by atoms with Gasteiger partial charge in [0.15, 0.2) is 5.65 Å². The lowest BCUT2D eigenvalue weighted by Crippen LogP contribution is -2.22. The monoisotopic (exact) mass is 557 g/mol. The Hall–Kier alpha value is -4.04. The molecule has 3 aromatic heterocycles. The molecule has 1 aliphatic rings. The molecule has 11 nitrogen and oxygen atoms in total. The van der Waals surface area contributed by atoms with Crippen LogP contribution >= 0.6 is 0 Å². The van der Waals surface area contributed by atoms with Gasteiger partial charge >= 0.3 is 6.61 Å². The Morgan fingerprint density at radius 3 is 2.90 bits per heavy atom. The summed E-state index contributed by atoms with van der Waals surface area (Å²) >= 11 is 0. The van der Waals surface area contributed by atoms with Gasteiger partial charge in [0.25, 0.3) is 5.91 Å². The van der Waals surface area contributed by atoms with Crippen molar-refractivity contribution in [2.75, 3.05) is 30.4 Å². The van der Waals surface area contributed by atoms with Crippen LogP contribution < -0.4 is 20.1 Å². The molecule has 1 aliphatic heterocycles. The number of anilines is 2. The molecule has 0 spiro atoms. The summed E-state index contributed by atoms with van der Waals surface area (Å²) in [5, 5.41) is 14.5. The van der Waals surface area contributed by atoms with Gasteiger partial charge in [0.05, 0.1) is 29.5 Å². The van der Waals surface area contributed by atoms with Crippen LogP contribution in [-0.2, 0) is 11.5 Å². The number of nitrogens with one attached hydrogen (secondary N) is 2. The molecular formula is C25H29F2N7O4Si. The van der Waals surface area contributed by atoms with E-state index in [-0.39, 0.29) is 29.3 Å². The summed E-state index contributed by atoms with van der Waals surface area (Å²) in [5.74, 6) is -0.121. The fraction of sp³-hybridized carbons (Fsp3) is 0.360. The Morgan fingerprint density at radius 1 is 1.26 bits per heavy atom. The van der Waals surface area contributed by atoms with Crippen molar-refractivity contribution in [3.05, 3.63) is 48.5 Å². The van der Waals surface area contributed by atoms with Crippen molar-refractivity contribution in [1.82, 2.24) is 24.4 Å². The van der Waals surface area contributed by atoms with Gasteiger partial charge in [0.2, 0.25) is 0 Å². The number of halogens is 2. The maximum atomic E-state index is 13.5. The summed E-state index contributed by atoms with van der Waals surface area (Å²) in [7, 11) is -1.34. The Balaban J connectivity index is 1.54. The van der Waals surface area contributed by atoms with Crippen LogP contribution in [-0.4, -0.2) is 64.7 Å². The van der Waals surface area contributed by atoms with Gasteiger partial charge in [-0.1, -0.05) is 19.6 Å². The predicted octanol–water partition coefficient (Wildman–Crippen LogP) is 4.56. The van der Waals surface area contributed by atoms with Crippen LogP contribution in [0, 0.1) is 0 Å². The second-order valence-corrected chi connectivity index (χ2v) is 15.8. The second kappa shape index (κ2) is 11.0. The maximum absolute atomic E-state index is 13.5. The number of alkyl halides is 2. The number of amides is 1. The minimum absolute atomic E-state index is 0.0399. The van der Waals surface area contributed by atoms with E-state index in [9.17, 15) is 13.6 Å². The highest BCUT2D eigenvalue weighted by molar-refractivity contribution is 6.76. The summed E-state index contributed by atoms with van der Waals surface area (Å²) in [5.41, 5.74) is 2.00. The smallest absolute Gasteiger partial charge is 0.387 e. The van der Waals surface area contributed by atoms with Crippen molar-refractivity contribution < 1.29 is 27.8 Å². The third kappa shape index (κ3) is 6.01. The van der Waals surface area contributed by atoms with E-state index < -0.39 is 20.6 Å². The van der Waals surface area contributed by atoms with Crippen LogP contribution in [0.1, 0.15) is 10.4 Å². The van der Waals surface area contributed by atoms with Crippen LogP contribution in [0.4, 0.5) is 20.2 Å². The molecule has 5 rings (SSSR count). The van der Waals surface area contributed by atoms with Crippen molar-refractivity contribution in [2.45, 2.75) is 39.0 Å². The molecule has 206 valence electrons. The van der Waals surface area contributed by atoms with Crippen molar-refractivity contribution in [3.63, 3.8) is 0 Å². The van der Waals surface area contributed by atoms with E-state index in [1.54, 1.807) is 24.5 Å². The molecule has 0 fully saturated rings. The molecule has 0 bridgehead atoms. The Morgan fingerprint density at radius 2 is 2.10 bits per heavy atom. The van der Waals surface area contributed by atoms with Gasteiger partial charge in [-0.2, -0.15) is 19.0 Å². The van der Waals surface area contributed by atoms with E-state index in [4.69, 9.17) is 14.2 Å². The molecule has 0 aliphatic carbocycles. The van der Waals surface area contributed by atoms with E-state index in [2.05, 4.69) is 45.5 Å². The van der Waals surface area contributed by atoms with Crippen molar-refractivity contribution in [3.8, 4) is 22.8 Å². The van der Waals surface area contributed by atoms with E-state index in [1.165, 1.54) is 27.7 Å². The lowest BCUT2D eigenvalue weighted by atomic mass is 10.1. The summed E-state index contributed by atoms with van der Waals surface area (Å²) in [6.07, 6.45) is 6.09.